The van der Waals surface area contributed by atoms with E-state index in [4.69, 9.17) is 9.47 Å². The van der Waals surface area contributed by atoms with E-state index in [2.05, 4.69) is 47.1 Å². The van der Waals surface area contributed by atoms with Crippen molar-refractivity contribution < 1.29 is 9.47 Å². The predicted molar refractivity (Wildman–Crippen MR) is 101 cm³/mol. The van der Waals surface area contributed by atoms with Crippen LogP contribution in [0.2, 0.25) is 0 Å². The van der Waals surface area contributed by atoms with Crippen molar-refractivity contribution in [3.05, 3.63) is 53.0 Å². The summed E-state index contributed by atoms with van der Waals surface area (Å²) in [6.07, 6.45) is 1.81. The third-order valence-corrected chi connectivity index (χ3v) is 4.10. The van der Waals surface area contributed by atoms with Gasteiger partial charge in [-0.15, -0.1) is 5.10 Å². The number of hydrogen-bond acceptors (Lipinski definition) is 5. The summed E-state index contributed by atoms with van der Waals surface area (Å²) in [5, 5.41) is 4.68. The smallest absolute Gasteiger partial charge is 0.185 e. The van der Waals surface area contributed by atoms with Crippen molar-refractivity contribution in [2.45, 2.75) is 34.3 Å². The van der Waals surface area contributed by atoms with E-state index in [0.29, 0.717) is 36.3 Å². The fourth-order valence-corrected chi connectivity index (χ4v) is 2.74. The van der Waals surface area contributed by atoms with E-state index < -0.39 is 0 Å². The highest BCUT2D eigenvalue weighted by atomic mass is 16.5. The molecule has 26 heavy (non-hydrogen) atoms. The highest BCUT2D eigenvalue weighted by Gasteiger charge is 2.20. The van der Waals surface area contributed by atoms with Gasteiger partial charge in [0.05, 0.1) is 12.8 Å². The molecule has 3 rings (SSSR count). The van der Waals surface area contributed by atoms with Gasteiger partial charge in [-0.2, -0.15) is 0 Å². The second-order valence-electron chi connectivity index (χ2n) is 6.25. The molecule has 0 atom stereocenters. The highest BCUT2D eigenvalue weighted by Crippen LogP contribution is 2.30. The molecule has 0 N–H and O–H groups in total. The van der Waals surface area contributed by atoms with E-state index in [0.717, 1.165) is 22.4 Å². The molecule has 0 spiro atoms. The lowest BCUT2D eigenvalue weighted by Gasteiger charge is -2.12. The number of aromatic nitrogens is 4. The maximum Gasteiger partial charge on any atom is 0.185 e. The number of hydrogen-bond donors (Lipinski definition) is 0. The average molecular weight is 352 g/mol. The molecule has 6 heteroatoms. The van der Waals surface area contributed by atoms with Crippen molar-refractivity contribution in [2.75, 3.05) is 13.7 Å². The summed E-state index contributed by atoms with van der Waals surface area (Å²) in [6, 6.07) is 8.21. The van der Waals surface area contributed by atoms with Crippen LogP contribution in [-0.4, -0.2) is 33.5 Å². The number of aryl methyl sites for hydroxylation is 3. The topological polar surface area (TPSA) is 62.1 Å². The standard InChI is InChI=1S/C20H24N4O2/c1-6-26-12-18-22-20(19-17(25-5)10-14(3)11-21-19)24(23-18)16-9-13(2)7-8-15(16)4/h7-11H,6,12H2,1-5H3. The van der Waals surface area contributed by atoms with Crippen molar-refractivity contribution >= 4 is 0 Å². The minimum atomic E-state index is 0.357. The van der Waals surface area contributed by atoms with Crippen LogP contribution in [0.5, 0.6) is 5.75 Å². The zero-order chi connectivity index (χ0) is 18.7. The summed E-state index contributed by atoms with van der Waals surface area (Å²) in [6.45, 7) is 9.02. The van der Waals surface area contributed by atoms with E-state index in [1.54, 1.807) is 7.11 Å². The van der Waals surface area contributed by atoms with Crippen molar-refractivity contribution in [1.82, 2.24) is 19.7 Å². The number of ether oxygens (including phenoxy) is 2. The van der Waals surface area contributed by atoms with Gasteiger partial charge >= 0.3 is 0 Å². The van der Waals surface area contributed by atoms with Crippen molar-refractivity contribution in [2.24, 2.45) is 0 Å². The first-order valence-electron chi connectivity index (χ1n) is 8.65. The van der Waals surface area contributed by atoms with Gasteiger partial charge in [0, 0.05) is 12.8 Å². The number of pyridine rings is 1. The number of nitrogens with zero attached hydrogens (tertiary/aromatic N) is 4. The van der Waals surface area contributed by atoms with Gasteiger partial charge in [0.15, 0.2) is 11.6 Å². The minimum Gasteiger partial charge on any atom is -0.494 e. The van der Waals surface area contributed by atoms with Crippen LogP contribution in [-0.2, 0) is 11.3 Å². The molecule has 0 aliphatic rings. The lowest BCUT2D eigenvalue weighted by molar-refractivity contribution is 0.128. The van der Waals surface area contributed by atoms with E-state index in [1.807, 2.05) is 30.8 Å². The van der Waals surface area contributed by atoms with Crippen LogP contribution in [0.1, 0.15) is 29.4 Å². The Morgan fingerprint density at radius 1 is 1.08 bits per heavy atom. The van der Waals surface area contributed by atoms with E-state index >= 15 is 0 Å². The van der Waals surface area contributed by atoms with Crippen molar-refractivity contribution in [3.8, 4) is 23.0 Å². The molecule has 0 bridgehead atoms. The highest BCUT2D eigenvalue weighted by molar-refractivity contribution is 5.62. The Hall–Kier alpha value is -2.73. The first-order valence-corrected chi connectivity index (χ1v) is 8.65. The Bertz CT molecular complexity index is 918. The second kappa shape index (κ2) is 7.66. The second-order valence-corrected chi connectivity index (χ2v) is 6.25. The third-order valence-electron chi connectivity index (χ3n) is 4.10. The Morgan fingerprint density at radius 3 is 2.62 bits per heavy atom. The quantitative estimate of drug-likeness (QED) is 0.675. The SMILES string of the molecule is CCOCc1nc(-c2ncc(C)cc2OC)n(-c2cc(C)ccc2C)n1. The van der Waals surface area contributed by atoms with Gasteiger partial charge in [-0.1, -0.05) is 12.1 Å². The van der Waals surface area contributed by atoms with Crippen molar-refractivity contribution in [1.29, 1.82) is 0 Å². The average Bonchev–Trinajstić information content (AvgIpc) is 3.05. The van der Waals surface area contributed by atoms with Gasteiger partial charge < -0.3 is 9.47 Å². The van der Waals surface area contributed by atoms with Crippen LogP contribution in [0.3, 0.4) is 0 Å². The van der Waals surface area contributed by atoms with Gasteiger partial charge in [0.1, 0.15) is 18.1 Å². The third kappa shape index (κ3) is 3.60. The molecular formula is C20H24N4O2. The molecule has 0 fully saturated rings. The molecule has 3 aromatic rings. The summed E-state index contributed by atoms with van der Waals surface area (Å²) in [5.74, 6) is 1.93. The lowest BCUT2D eigenvalue weighted by atomic mass is 10.1. The fraction of sp³-hybridized carbons (Fsp3) is 0.350. The number of methoxy groups -OCH3 is 1. The Kier molecular flexibility index (Phi) is 5.32. The molecule has 136 valence electrons. The summed E-state index contributed by atoms with van der Waals surface area (Å²) in [4.78, 5) is 9.25. The molecule has 0 saturated heterocycles. The van der Waals surface area contributed by atoms with Crippen LogP contribution in [0, 0.1) is 20.8 Å². The van der Waals surface area contributed by atoms with Crippen LogP contribution in [0.25, 0.3) is 17.2 Å². The monoisotopic (exact) mass is 352 g/mol. The molecule has 0 saturated carbocycles. The zero-order valence-corrected chi connectivity index (χ0v) is 15.9. The lowest BCUT2D eigenvalue weighted by Crippen LogP contribution is -2.05. The summed E-state index contributed by atoms with van der Waals surface area (Å²) in [5.41, 5.74) is 4.92. The number of benzene rings is 1. The normalized spacial score (nSPS) is 11.0. The van der Waals surface area contributed by atoms with Crippen molar-refractivity contribution in [3.63, 3.8) is 0 Å². The van der Waals surface area contributed by atoms with Gasteiger partial charge in [-0.3, -0.25) is 0 Å². The molecule has 0 aliphatic carbocycles. The molecule has 0 amide bonds. The van der Waals surface area contributed by atoms with Crippen LogP contribution in [0.15, 0.2) is 30.5 Å². The van der Waals surface area contributed by atoms with Gasteiger partial charge in [0.25, 0.3) is 0 Å². The van der Waals surface area contributed by atoms with Crippen LogP contribution >= 0.6 is 0 Å². The molecule has 0 radical (unpaired) electrons. The molecule has 0 unspecified atom stereocenters. The van der Waals surface area contributed by atoms with Gasteiger partial charge in [-0.05, 0) is 56.5 Å². The minimum absolute atomic E-state index is 0.357. The number of rotatable bonds is 6. The van der Waals surface area contributed by atoms with Crippen LogP contribution in [0.4, 0.5) is 0 Å². The summed E-state index contributed by atoms with van der Waals surface area (Å²) < 4.78 is 12.9. The maximum absolute atomic E-state index is 5.54. The first kappa shape index (κ1) is 18.1. The molecule has 2 heterocycles. The summed E-state index contributed by atoms with van der Waals surface area (Å²) in [7, 11) is 1.64. The van der Waals surface area contributed by atoms with Gasteiger partial charge in [0.2, 0.25) is 0 Å². The van der Waals surface area contributed by atoms with E-state index in [9.17, 15) is 0 Å². The van der Waals surface area contributed by atoms with E-state index in [1.165, 1.54) is 0 Å². The Balaban J connectivity index is 2.20. The molecular weight excluding hydrogens is 328 g/mol. The summed E-state index contributed by atoms with van der Waals surface area (Å²) >= 11 is 0. The largest absolute Gasteiger partial charge is 0.494 e. The van der Waals surface area contributed by atoms with Gasteiger partial charge in [-0.25, -0.2) is 14.6 Å². The van der Waals surface area contributed by atoms with E-state index in [-0.39, 0.29) is 0 Å². The molecule has 2 aromatic heterocycles. The molecule has 0 aliphatic heterocycles. The Morgan fingerprint density at radius 2 is 1.88 bits per heavy atom. The maximum atomic E-state index is 5.54. The first-order chi connectivity index (χ1) is 12.5. The molecule has 1 aromatic carbocycles. The zero-order valence-electron chi connectivity index (χ0n) is 15.9. The van der Waals surface area contributed by atoms with Crippen LogP contribution < -0.4 is 4.74 Å². The fourth-order valence-electron chi connectivity index (χ4n) is 2.74. The molecule has 6 nitrogen and oxygen atoms in total. The predicted octanol–water partition coefficient (Wildman–Crippen LogP) is 3.80. The Labute approximate surface area is 153 Å².